The molecule has 18 heavy (non-hydrogen) atoms. The minimum Gasteiger partial charge on any atom is -0.329 e. The van der Waals surface area contributed by atoms with Gasteiger partial charge in [0.25, 0.3) is 0 Å². The van der Waals surface area contributed by atoms with Crippen LogP contribution in [0.15, 0.2) is 30.3 Å². The summed E-state index contributed by atoms with van der Waals surface area (Å²) in [5.41, 5.74) is 7.74. The zero-order valence-corrected chi connectivity index (χ0v) is 11.6. The second-order valence-electron chi connectivity index (χ2n) is 5.49. The van der Waals surface area contributed by atoms with E-state index < -0.39 is 0 Å². The van der Waals surface area contributed by atoms with Crippen LogP contribution >= 0.6 is 0 Å². The Balaban J connectivity index is 2.14. The maximum atomic E-state index is 6.16. The van der Waals surface area contributed by atoms with E-state index in [0.29, 0.717) is 0 Å². The van der Waals surface area contributed by atoms with Gasteiger partial charge in [0.1, 0.15) is 0 Å². The Bertz CT molecular complexity index is 337. The first-order chi connectivity index (χ1) is 8.80. The topological polar surface area (TPSA) is 29.3 Å². The lowest BCUT2D eigenvalue weighted by Gasteiger charge is -2.45. The molecule has 1 fully saturated rings. The van der Waals surface area contributed by atoms with Crippen molar-refractivity contribution in [2.45, 2.75) is 44.6 Å². The van der Waals surface area contributed by atoms with Crippen molar-refractivity contribution in [1.29, 1.82) is 0 Å². The van der Waals surface area contributed by atoms with Crippen molar-refractivity contribution in [3.05, 3.63) is 35.9 Å². The molecule has 1 aliphatic heterocycles. The fourth-order valence-electron chi connectivity index (χ4n) is 3.15. The maximum absolute atomic E-state index is 6.16. The van der Waals surface area contributed by atoms with Gasteiger partial charge in [-0.05, 0) is 44.3 Å². The molecule has 2 rings (SSSR count). The molecule has 0 saturated carbocycles. The third kappa shape index (κ3) is 2.93. The Morgan fingerprint density at radius 1 is 1.11 bits per heavy atom. The van der Waals surface area contributed by atoms with E-state index in [1.165, 1.54) is 37.9 Å². The fraction of sp³-hybridized carbons (Fsp3) is 0.625. The molecule has 100 valence electrons. The Labute approximate surface area is 111 Å². The van der Waals surface area contributed by atoms with Crippen molar-refractivity contribution < 1.29 is 0 Å². The summed E-state index contributed by atoms with van der Waals surface area (Å²) < 4.78 is 0. The molecule has 0 bridgehead atoms. The normalized spacial score (nSPS) is 20.6. The molecule has 0 spiro atoms. The smallest absolute Gasteiger partial charge is 0.0369 e. The fourth-order valence-corrected chi connectivity index (χ4v) is 3.15. The number of benzene rings is 1. The Morgan fingerprint density at radius 3 is 2.33 bits per heavy atom. The lowest BCUT2D eigenvalue weighted by molar-refractivity contribution is 0.0683. The molecule has 2 heteroatoms. The number of nitrogens with zero attached hydrogens (tertiary/aromatic N) is 1. The molecule has 1 saturated heterocycles. The molecule has 1 aromatic rings. The molecule has 0 aliphatic carbocycles. The van der Waals surface area contributed by atoms with Gasteiger partial charge in [0.15, 0.2) is 0 Å². The SMILES string of the molecule is CCC(CN)(Cc1ccccc1)N1CCCCC1. The van der Waals surface area contributed by atoms with Gasteiger partial charge in [-0.3, -0.25) is 4.90 Å². The molecule has 0 amide bonds. The van der Waals surface area contributed by atoms with E-state index in [9.17, 15) is 0 Å². The quantitative estimate of drug-likeness (QED) is 0.865. The number of likely N-dealkylation sites (tertiary alicyclic amines) is 1. The largest absolute Gasteiger partial charge is 0.329 e. The Hall–Kier alpha value is -0.860. The number of rotatable bonds is 5. The molecule has 0 aromatic heterocycles. The molecule has 0 radical (unpaired) electrons. The molecule has 1 aliphatic rings. The van der Waals surface area contributed by atoms with Crippen LogP contribution in [0.5, 0.6) is 0 Å². The van der Waals surface area contributed by atoms with Crippen molar-refractivity contribution >= 4 is 0 Å². The van der Waals surface area contributed by atoms with Crippen LogP contribution in [0.4, 0.5) is 0 Å². The summed E-state index contributed by atoms with van der Waals surface area (Å²) in [7, 11) is 0. The van der Waals surface area contributed by atoms with Crippen LogP contribution in [0.25, 0.3) is 0 Å². The van der Waals surface area contributed by atoms with Crippen LogP contribution in [-0.4, -0.2) is 30.1 Å². The van der Waals surface area contributed by atoms with Crippen molar-refractivity contribution in [1.82, 2.24) is 4.90 Å². The Morgan fingerprint density at radius 2 is 1.78 bits per heavy atom. The molecule has 1 heterocycles. The summed E-state index contributed by atoms with van der Waals surface area (Å²) >= 11 is 0. The van der Waals surface area contributed by atoms with Crippen LogP contribution in [0, 0.1) is 0 Å². The second kappa shape index (κ2) is 6.35. The molecule has 1 unspecified atom stereocenters. The molecule has 1 aromatic carbocycles. The average Bonchev–Trinajstić information content (AvgIpc) is 2.47. The first-order valence-electron chi connectivity index (χ1n) is 7.30. The van der Waals surface area contributed by atoms with E-state index in [4.69, 9.17) is 5.73 Å². The summed E-state index contributed by atoms with van der Waals surface area (Å²) in [4.78, 5) is 2.64. The van der Waals surface area contributed by atoms with Gasteiger partial charge in [-0.1, -0.05) is 43.7 Å². The van der Waals surface area contributed by atoms with E-state index in [1.54, 1.807) is 0 Å². The average molecular weight is 246 g/mol. The summed E-state index contributed by atoms with van der Waals surface area (Å²) in [6.45, 7) is 5.48. The number of hydrogen-bond acceptors (Lipinski definition) is 2. The molecule has 1 atom stereocenters. The van der Waals surface area contributed by atoms with Gasteiger partial charge in [0.05, 0.1) is 0 Å². The number of piperidine rings is 1. The van der Waals surface area contributed by atoms with Gasteiger partial charge in [-0.25, -0.2) is 0 Å². The predicted molar refractivity (Wildman–Crippen MR) is 77.6 cm³/mol. The van der Waals surface area contributed by atoms with Gasteiger partial charge in [0, 0.05) is 12.1 Å². The van der Waals surface area contributed by atoms with Crippen molar-refractivity contribution in [2.75, 3.05) is 19.6 Å². The molecule has 2 nitrogen and oxygen atoms in total. The first-order valence-corrected chi connectivity index (χ1v) is 7.30. The van der Waals surface area contributed by atoms with Crippen molar-refractivity contribution in [2.24, 2.45) is 5.73 Å². The van der Waals surface area contributed by atoms with Crippen LogP contribution in [-0.2, 0) is 6.42 Å². The van der Waals surface area contributed by atoms with E-state index in [0.717, 1.165) is 19.4 Å². The minimum atomic E-state index is 0.168. The van der Waals surface area contributed by atoms with Gasteiger partial charge in [0.2, 0.25) is 0 Å². The van der Waals surface area contributed by atoms with Crippen molar-refractivity contribution in [3.8, 4) is 0 Å². The van der Waals surface area contributed by atoms with E-state index in [-0.39, 0.29) is 5.54 Å². The highest BCUT2D eigenvalue weighted by Crippen LogP contribution is 2.27. The third-order valence-corrected chi connectivity index (χ3v) is 4.44. The molecular weight excluding hydrogens is 220 g/mol. The van der Waals surface area contributed by atoms with Gasteiger partial charge < -0.3 is 5.73 Å². The van der Waals surface area contributed by atoms with Gasteiger partial charge in [-0.2, -0.15) is 0 Å². The van der Waals surface area contributed by atoms with Gasteiger partial charge in [-0.15, -0.1) is 0 Å². The monoisotopic (exact) mass is 246 g/mol. The summed E-state index contributed by atoms with van der Waals surface area (Å²) in [6.07, 6.45) is 6.26. The summed E-state index contributed by atoms with van der Waals surface area (Å²) in [6, 6.07) is 10.8. The lowest BCUT2D eigenvalue weighted by atomic mass is 9.85. The first kappa shape index (κ1) is 13.6. The highest BCUT2D eigenvalue weighted by Gasteiger charge is 2.34. The summed E-state index contributed by atoms with van der Waals surface area (Å²) in [5.74, 6) is 0. The highest BCUT2D eigenvalue weighted by molar-refractivity contribution is 5.18. The van der Waals surface area contributed by atoms with E-state index in [1.807, 2.05) is 0 Å². The lowest BCUT2D eigenvalue weighted by Crippen LogP contribution is -2.56. The van der Waals surface area contributed by atoms with Crippen molar-refractivity contribution in [3.63, 3.8) is 0 Å². The summed E-state index contributed by atoms with van der Waals surface area (Å²) in [5, 5.41) is 0. The van der Waals surface area contributed by atoms with Gasteiger partial charge >= 0.3 is 0 Å². The highest BCUT2D eigenvalue weighted by atomic mass is 15.2. The van der Waals surface area contributed by atoms with Crippen LogP contribution < -0.4 is 5.73 Å². The van der Waals surface area contributed by atoms with Crippen LogP contribution in [0.2, 0.25) is 0 Å². The Kier molecular flexibility index (Phi) is 4.79. The van der Waals surface area contributed by atoms with Crippen LogP contribution in [0.3, 0.4) is 0 Å². The van der Waals surface area contributed by atoms with Crippen LogP contribution in [0.1, 0.15) is 38.2 Å². The number of hydrogen-bond donors (Lipinski definition) is 1. The number of nitrogens with two attached hydrogens (primary N) is 1. The third-order valence-electron chi connectivity index (χ3n) is 4.44. The molecule has 2 N–H and O–H groups in total. The standard InChI is InChI=1S/C16H26N2/c1-2-16(14-17,18-11-7-4-8-12-18)13-15-9-5-3-6-10-15/h3,5-6,9-10H,2,4,7-8,11-14,17H2,1H3. The van der Waals surface area contributed by atoms with E-state index >= 15 is 0 Å². The maximum Gasteiger partial charge on any atom is 0.0369 e. The zero-order chi connectivity index (χ0) is 12.8. The van der Waals surface area contributed by atoms with E-state index in [2.05, 4.69) is 42.2 Å². The zero-order valence-electron chi connectivity index (χ0n) is 11.6. The second-order valence-corrected chi connectivity index (χ2v) is 5.49. The predicted octanol–water partition coefficient (Wildman–Crippen LogP) is 2.82. The minimum absolute atomic E-state index is 0.168. The molecular formula is C16H26N2.